The zero-order chi connectivity index (χ0) is 11.6. The zero-order valence-corrected chi connectivity index (χ0v) is 9.56. The number of carboxylic acid groups (broad SMARTS) is 1. The van der Waals surface area contributed by atoms with Crippen LogP contribution < -0.4 is 0 Å². The van der Waals surface area contributed by atoms with E-state index in [9.17, 15) is 9.59 Å². The molecule has 1 fully saturated rings. The molecule has 1 aliphatic rings. The highest BCUT2D eigenvalue weighted by molar-refractivity contribution is 5.83. The molecule has 0 spiro atoms. The van der Waals surface area contributed by atoms with Crippen LogP contribution in [0, 0.1) is 11.8 Å². The maximum atomic E-state index is 12.0. The summed E-state index contributed by atoms with van der Waals surface area (Å²) < 4.78 is 0. The van der Waals surface area contributed by atoms with E-state index in [1.807, 2.05) is 20.8 Å². The van der Waals surface area contributed by atoms with Crippen molar-refractivity contribution in [2.24, 2.45) is 11.8 Å². The smallest absolute Gasteiger partial charge is 0.323 e. The monoisotopic (exact) mass is 213 g/mol. The fraction of sp³-hybridized carbons (Fsp3) is 0.818. The first-order valence-corrected chi connectivity index (χ1v) is 5.45. The van der Waals surface area contributed by atoms with Gasteiger partial charge in [0.2, 0.25) is 5.91 Å². The van der Waals surface area contributed by atoms with Crippen LogP contribution in [0.15, 0.2) is 0 Å². The minimum absolute atomic E-state index is 0.0186. The van der Waals surface area contributed by atoms with Crippen molar-refractivity contribution in [1.82, 2.24) is 4.90 Å². The Bertz CT molecular complexity index is 259. The van der Waals surface area contributed by atoms with E-state index >= 15 is 0 Å². The van der Waals surface area contributed by atoms with Crippen molar-refractivity contribution in [1.29, 1.82) is 0 Å². The summed E-state index contributed by atoms with van der Waals surface area (Å²) in [6.07, 6.45) is 1.90. The molecule has 1 atom stereocenters. The van der Waals surface area contributed by atoms with Crippen LogP contribution >= 0.6 is 0 Å². The molecule has 15 heavy (non-hydrogen) atoms. The van der Waals surface area contributed by atoms with Crippen molar-refractivity contribution in [3.05, 3.63) is 0 Å². The molecule has 0 aliphatic heterocycles. The molecule has 0 radical (unpaired) electrons. The Labute approximate surface area is 90.3 Å². The summed E-state index contributed by atoms with van der Waals surface area (Å²) in [6.45, 7) is 5.67. The third kappa shape index (κ3) is 3.22. The average molecular weight is 213 g/mol. The molecule has 4 nitrogen and oxygen atoms in total. The van der Waals surface area contributed by atoms with Gasteiger partial charge in [0.05, 0.1) is 0 Å². The fourth-order valence-corrected chi connectivity index (χ4v) is 1.47. The van der Waals surface area contributed by atoms with E-state index in [0.717, 1.165) is 12.8 Å². The number of rotatable bonds is 5. The highest BCUT2D eigenvalue weighted by atomic mass is 16.4. The number of nitrogens with zero attached hydrogens (tertiary/aromatic N) is 1. The van der Waals surface area contributed by atoms with Gasteiger partial charge in [0, 0.05) is 12.0 Å². The highest BCUT2D eigenvalue weighted by Crippen LogP contribution is 2.29. The first-order valence-electron chi connectivity index (χ1n) is 5.45. The van der Waals surface area contributed by atoms with Gasteiger partial charge in [-0.2, -0.15) is 0 Å². The predicted octanol–water partition coefficient (Wildman–Crippen LogP) is 1.35. The Hall–Kier alpha value is -1.06. The summed E-state index contributed by atoms with van der Waals surface area (Å²) in [6, 6.07) is 0.176. The summed E-state index contributed by atoms with van der Waals surface area (Å²) in [5, 5.41) is 8.74. The SMILES string of the molecule is CC(C)C(C)C(=O)N(CC(=O)O)C1CC1. The molecule has 4 heteroatoms. The predicted molar refractivity (Wildman–Crippen MR) is 56.4 cm³/mol. The molecule has 0 heterocycles. The van der Waals surface area contributed by atoms with E-state index in [0.29, 0.717) is 0 Å². The van der Waals surface area contributed by atoms with Gasteiger partial charge in [0.1, 0.15) is 6.54 Å². The number of carboxylic acids is 1. The molecule has 0 aromatic rings. The van der Waals surface area contributed by atoms with Crippen LogP contribution in [0.25, 0.3) is 0 Å². The molecule has 1 N–H and O–H groups in total. The van der Waals surface area contributed by atoms with Crippen LogP contribution in [0.3, 0.4) is 0 Å². The quantitative estimate of drug-likeness (QED) is 0.750. The van der Waals surface area contributed by atoms with Crippen molar-refractivity contribution < 1.29 is 14.7 Å². The van der Waals surface area contributed by atoms with Crippen molar-refractivity contribution in [2.75, 3.05) is 6.54 Å². The summed E-state index contributed by atoms with van der Waals surface area (Å²) in [5.41, 5.74) is 0. The number of aliphatic carboxylic acids is 1. The molecule has 1 amide bonds. The molecular formula is C11H19NO3. The van der Waals surface area contributed by atoms with Gasteiger partial charge in [-0.05, 0) is 18.8 Å². The summed E-state index contributed by atoms with van der Waals surface area (Å²) in [4.78, 5) is 24.1. The summed E-state index contributed by atoms with van der Waals surface area (Å²) in [7, 11) is 0. The average Bonchev–Trinajstić information content (AvgIpc) is 2.94. The van der Waals surface area contributed by atoms with Gasteiger partial charge in [-0.1, -0.05) is 20.8 Å². The van der Waals surface area contributed by atoms with Crippen molar-refractivity contribution in [2.45, 2.75) is 39.7 Å². The topological polar surface area (TPSA) is 57.6 Å². The normalized spacial score (nSPS) is 17.6. The third-order valence-corrected chi connectivity index (χ3v) is 2.97. The molecule has 1 rings (SSSR count). The van der Waals surface area contributed by atoms with Gasteiger partial charge < -0.3 is 10.0 Å². The first-order chi connectivity index (χ1) is 6.93. The highest BCUT2D eigenvalue weighted by Gasteiger charge is 2.36. The van der Waals surface area contributed by atoms with Gasteiger partial charge in [0.15, 0.2) is 0 Å². The summed E-state index contributed by atoms with van der Waals surface area (Å²) in [5.74, 6) is -0.779. The standard InChI is InChI=1S/C11H19NO3/c1-7(2)8(3)11(15)12(6-10(13)14)9-4-5-9/h7-9H,4-6H2,1-3H3,(H,13,14). The molecule has 1 unspecified atom stereocenters. The van der Waals surface area contributed by atoms with Crippen LogP contribution in [-0.4, -0.2) is 34.5 Å². The van der Waals surface area contributed by atoms with Crippen LogP contribution in [0.1, 0.15) is 33.6 Å². The minimum Gasteiger partial charge on any atom is -0.480 e. The number of carbonyl (C=O) groups is 2. The van der Waals surface area contributed by atoms with Gasteiger partial charge >= 0.3 is 5.97 Å². The largest absolute Gasteiger partial charge is 0.480 e. The van der Waals surface area contributed by atoms with Crippen LogP contribution in [0.2, 0.25) is 0 Å². The lowest BCUT2D eigenvalue weighted by molar-refractivity contribution is -0.147. The number of carbonyl (C=O) groups excluding carboxylic acids is 1. The van der Waals surface area contributed by atoms with Gasteiger partial charge in [-0.25, -0.2) is 0 Å². The number of amides is 1. The molecule has 86 valence electrons. The van der Waals surface area contributed by atoms with E-state index in [1.165, 1.54) is 4.90 Å². The van der Waals surface area contributed by atoms with Gasteiger partial charge in [-0.3, -0.25) is 9.59 Å². The Morgan fingerprint density at radius 2 is 1.87 bits per heavy atom. The Balaban J connectivity index is 2.62. The lowest BCUT2D eigenvalue weighted by atomic mass is 9.96. The second-order valence-electron chi connectivity index (χ2n) is 4.62. The fourth-order valence-electron chi connectivity index (χ4n) is 1.47. The number of hydrogen-bond donors (Lipinski definition) is 1. The van der Waals surface area contributed by atoms with Gasteiger partial charge in [0.25, 0.3) is 0 Å². The maximum absolute atomic E-state index is 12.0. The van der Waals surface area contributed by atoms with Crippen molar-refractivity contribution in [3.8, 4) is 0 Å². The molecule has 1 saturated carbocycles. The number of hydrogen-bond acceptors (Lipinski definition) is 2. The van der Waals surface area contributed by atoms with E-state index in [2.05, 4.69) is 0 Å². The second-order valence-corrected chi connectivity index (χ2v) is 4.62. The Kier molecular flexibility index (Phi) is 3.72. The van der Waals surface area contributed by atoms with E-state index < -0.39 is 5.97 Å². The molecule has 0 aromatic heterocycles. The van der Waals surface area contributed by atoms with Gasteiger partial charge in [-0.15, -0.1) is 0 Å². The molecule has 0 aromatic carbocycles. The van der Waals surface area contributed by atoms with Crippen LogP contribution in [0.4, 0.5) is 0 Å². The lowest BCUT2D eigenvalue weighted by Crippen LogP contribution is -2.41. The Morgan fingerprint density at radius 1 is 1.33 bits per heavy atom. The van der Waals surface area contributed by atoms with E-state index in [-0.39, 0.29) is 30.3 Å². The van der Waals surface area contributed by atoms with Crippen LogP contribution in [0.5, 0.6) is 0 Å². The summed E-state index contributed by atoms with van der Waals surface area (Å²) >= 11 is 0. The maximum Gasteiger partial charge on any atom is 0.323 e. The molecule has 0 bridgehead atoms. The van der Waals surface area contributed by atoms with Crippen molar-refractivity contribution >= 4 is 11.9 Å². The van der Waals surface area contributed by atoms with Crippen molar-refractivity contribution in [3.63, 3.8) is 0 Å². The minimum atomic E-state index is -0.925. The lowest BCUT2D eigenvalue weighted by Gasteiger charge is -2.25. The van der Waals surface area contributed by atoms with Crippen LogP contribution in [-0.2, 0) is 9.59 Å². The Morgan fingerprint density at radius 3 is 2.20 bits per heavy atom. The zero-order valence-electron chi connectivity index (χ0n) is 9.56. The molecule has 1 aliphatic carbocycles. The van der Waals surface area contributed by atoms with E-state index in [1.54, 1.807) is 0 Å². The second kappa shape index (κ2) is 4.64. The first kappa shape index (κ1) is 12.0. The van der Waals surface area contributed by atoms with E-state index in [4.69, 9.17) is 5.11 Å². The molecule has 0 saturated heterocycles. The molecular weight excluding hydrogens is 194 g/mol. The third-order valence-electron chi connectivity index (χ3n) is 2.97.